The molecule has 20 rings (SSSR count). The first-order valence-corrected chi connectivity index (χ1v) is 52.0. The molecule has 15 aromatic carbocycles. The lowest BCUT2D eigenvalue weighted by Gasteiger charge is -2.19. The SMILES string of the molecule is C#Cc1ccc(-n2c3ccc(C(C)(C)C)cc3c3cc(C(C)(C)C)ccc32)cc1.CC(C)(C)c1ccc2c(c1)c1cc(C(C)(C)C)ccc1n2-c1ccc(C#C/C=C/c2ccc(-n3c4ccc(C(C)(C)C)cc4c4cc(C(C)(C)C)ccc43)cc2)cc1.CC(C)(C)c1ccc2c(c1)c1cc(C(C)(C)C)ccc1n2-c1ccc(C#C/C=C\c2ccc(-n3c4ccc(C(C)(C)C)cc4c4cc(C(C)(C)C)ccc43)cc2)cc1. The van der Waals surface area contributed by atoms with Crippen molar-refractivity contribution in [3.63, 3.8) is 0 Å². The molecule has 0 aliphatic rings. The van der Waals surface area contributed by atoms with Gasteiger partial charge < -0.3 is 22.8 Å². The lowest BCUT2D eigenvalue weighted by Crippen LogP contribution is -2.10. The molecule has 5 heterocycles. The fourth-order valence-electron chi connectivity index (χ4n) is 20.3. The topological polar surface area (TPSA) is 24.6 Å². The standard InChI is InChI=1S/2C56H58N2.C28H29N/c2*1-53(2,3)39-21-29-49-45(33-39)46-34-40(54(4,5)6)22-30-50(46)57(49)43-25-17-37(18-26-43)15-13-14-16-38-19-27-44(28-20-38)58-51-31-23-41(55(7,8)9)35-47(51)48-36-42(56(10,11)12)24-32-52(48)58;1-8-19-9-13-22(14-10-19)29-25-15-11-20(27(2,3)4)17-23(25)24-18-21(28(5,6)7)12-16-26(24)29/h2*13,15,17-36H,1-12H3;1,9-18H,2-7H3/b15-13+;15-13-;. The van der Waals surface area contributed by atoms with Gasteiger partial charge in [-0.2, -0.15) is 0 Å². The van der Waals surface area contributed by atoms with Gasteiger partial charge in [-0.1, -0.05) is 322 Å². The van der Waals surface area contributed by atoms with Crippen LogP contribution in [0.25, 0.3) is 150 Å². The van der Waals surface area contributed by atoms with Crippen molar-refractivity contribution in [2.75, 3.05) is 0 Å². The van der Waals surface area contributed by atoms with Crippen LogP contribution in [0.15, 0.2) is 315 Å². The van der Waals surface area contributed by atoms with Crippen LogP contribution in [-0.4, -0.2) is 22.8 Å². The molecule has 0 fully saturated rings. The molecule has 0 aliphatic heterocycles. The number of hydrogen-bond donors (Lipinski definition) is 0. The predicted molar refractivity (Wildman–Crippen MR) is 631 cm³/mol. The third-order valence-electron chi connectivity index (χ3n) is 29.5. The van der Waals surface area contributed by atoms with Gasteiger partial charge in [0.25, 0.3) is 0 Å². The van der Waals surface area contributed by atoms with E-state index in [9.17, 15) is 0 Å². The summed E-state index contributed by atoms with van der Waals surface area (Å²) in [5.74, 6) is 16.0. The van der Waals surface area contributed by atoms with Gasteiger partial charge in [0, 0.05) is 99.0 Å². The summed E-state index contributed by atoms with van der Waals surface area (Å²) in [6.45, 7) is 68.6. The molecule has 0 atom stereocenters. The zero-order chi connectivity index (χ0) is 104. The van der Waals surface area contributed by atoms with Crippen molar-refractivity contribution >= 4 is 121 Å². The first kappa shape index (κ1) is 101. The van der Waals surface area contributed by atoms with E-state index in [2.05, 4.69) is 563 Å². The number of hydrogen-bond acceptors (Lipinski definition) is 0. The van der Waals surface area contributed by atoms with E-state index in [-0.39, 0.29) is 54.1 Å². The third-order valence-corrected chi connectivity index (χ3v) is 29.5. The first-order valence-electron chi connectivity index (χ1n) is 52.0. The Labute approximate surface area is 863 Å². The maximum atomic E-state index is 5.56. The average Bonchev–Trinajstić information content (AvgIpc) is 1.60. The van der Waals surface area contributed by atoms with Gasteiger partial charge in [0.15, 0.2) is 0 Å². The van der Waals surface area contributed by atoms with Crippen LogP contribution in [-0.2, 0) is 54.1 Å². The van der Waals surface area contributed by atoms with E-state index in [4.69, 9.17) is 6.42 Å². The number of aromatic nitrogens is 5. The van der Waals surface area contributed by atoms with Crippen LogP contribution < -0.4 is 0 Å². The van der Waals surface area contributed by atoms with Gasteiger partial charge in [0.2, 0.25) is 0 Å². The molecule has 5 heteroatoms. The number of benzene rings is 15. The summed E-state index contributed by atoms with van der Waals surface area (Å²) in [5.41, 5.74) is 37.5. The summed E-state index contributed by atoms with van der Waals surface area (Å²) in [7, 11) is 0. The smallest absolute Gasteiger partial charge is 0.0541 e. The minimum atomic E-state index is 0.0734. The molecular formula is C140H145N5. The molecule has 5 aromatic heterocycles. The van der Waals surface area contributed by atoms with Crippen molar-refractivity contribution in [3.8, 4) is 64.5 Å². The van der Waals surface area contributed by atoms with Gasteiger partial charge in [0.1, 0.15) is 0 Å². The van der Waals surface area contributed by atoms with Gasteiger partial charge in [0.05, 0.1) is 55.2 Å². The highest BCUT2D eigenvalue weighted by atomic mass is 15.0. The fourth-order valence-corrected chi connectivity index (χ4v) is 20.3. The summed E-state index contributed by atoms with van der Waals surface area (Å²) in [6.07, 6.45) is 13.7. The maximum absolute atomic E-state index is 5.56. The highest BCUT2D eigenvalue weighted by Crippen LogP contribution is 2.46. The van der Waals surface area contributed by atoms with E-state index in [1.165, 1.54) is 165 Å². The van der Waals surface area contributed by atoms with E-state index >= 15 is 0 Å². The monoisotopic (exact) mass is 1900 g/mol. The average molecular weight is 1900 g/mol. The molecule has 0 spiro atoms. The number of terminal acetylenes is 1. The van der Waals surface area contributed by atoms with Crippen LogP contribution in [0.4, 0.5) is 0 Å². The summed E-state index contributed by atoms with van der Waals surface area (Å²) < 4.78 is 12.0. The van der Waals surface area contributed by atoms with E-state index in [0.29, 0.717) is 0 Å². The van der Waals surface area contributed by atoms with Crippen molar-refractivity contribution in [1.82, 2.24) is 22.8 Å². The molecule has 5 nitrogen and oxygen atoms in total. The number of fused-ring (bicyclic) bond motifs is 15. The Balaban J connectivity index is 0.000000151. The largest absolute Gasteiger partial charge is 0.309 e. The van der Waals surface area contributed by atoms with Crippen LogP contribution in [0.3, 0.4) is 0 Å². The summed E-state index contributed by atoms with van der Waals surface area (Å²) in [6, 6.07) is 113. The second-order valence-electron chi connectivity index (χ2n) is 50.7. The van der Waals surface area contributed by atoms with Crippen molar-refractivity contribution in [2.24, 2.45) is 0 Å². The second kappa shape index (κ2) is 37.3. The lowest BCUT2D eigenvalue weighted by atomic mass is 9.85. The molecule has 0 N–H and O–H groups in total. The molecule has 0 saturated heterocycles. The molecule has 0 saturated carbocycles. The van der Waals surface area contributed by atoms with E-state index in [1.807, 2.05) is 24.3 Å². The zero-order valence-corrected chi connectivity index (χ0v) is 91.5. The molecule has 0 bridgehead atoms. The van der Waals surface area contributed by atoms with Gasteiger partial charge in [-0.15, -0.1) is 6.42 Å². The third kappa shape index (κ3) is 20.4. The number of nitrogens with zero attached hydrogens (tertiary/aromatic N) is 5. The molecular weight excluding hydrogens is 1750 g/mol. The molecule has 20 aromatic rings. The van der Waals surface area contributed by atoms with Crippen molar-refractivity contribution < 1.29 is 0 Å². The predicted octanol–water partition coefficient (Wildman–Crippen LogP) is 37.6. The molecule has 0 unspecified atom stereocenters. The Morgan fingerprint density at radius 2 is 0.310 bits per heavy atom. The van der Waals surface area contributed by atoms with Crippen molar-refractivity contribution in [3.05, 3.63) is 399 Å². The Morgan fingerprint density at radius 3 is 0.448 bits per heavy atom. The van der Waals surface area contributed by atoms with Gasteiger partial charge in [-0.05, 0) is 364 Å². The highest BCUT2D eigenvalue weighted by Gasteiger charge is 2.30. The fraction of sp³-hybridized carbons (Fsp3) is 0.286. The van der Waals surface area contributed by atoms with Crippen molar-refractivity contribution in [2.45, 2.75) is 262 Å². The van der Waals surface area contributed by atoms with Crippen molar-refractivity contribution in [1.29, 1.82) is 0 Å². The lowest BCUT2D eigenvalue weighted by molar-refractivity contribution is 0.590. The van der Waals surface area contributed by atoms with Crippen LogP contribution >= 0.6 is 0 Å². The Bertz CT molecular complexity index is 7910. The second-order valence-corrected chi connectivity index (χ2v) is 50.7. The number of allylic oxidation sites excluding steroid dienone is 2. The minimum Gasteiger partial charge on any atom is -0.309 e. The molecule has 0 aliphatic carbocycles. The normalized spacial score (nSPS) is 12.9. The Kier molecular flexibility index (Phi) is 25.8. The summed E-state index contributed by atoms with van der Waals surface area (Å²) in [5, 5.41) is 13.0. The number of rotatable bonds is 7. The highest BCUT2D eigenvalue weighted by molar-refractivity contribution is 6.14. The summed E-state index contributed by atoms with van der Waals surface area (Å²) in [4.78, 5) is 0. The van der Waals surface area contributed by atoms with E-state index in [1.54, 1.807) is 0 Å². The molecule has 0 radical (unpaired) electrons. The Morgan fingerprint density at radius 1 is 0.172 bits per heavy atom. The van der Waals surface area contributed by atoms with Crippen LogP contribution in [0, 0.1) is 36.0 Å². The van der Waals surface area contributed by atoms with Gasteiger partial charge in [-0.25, -0.2) is 0 Å². The van der Waals surface area contributed by atoms with Crippen LogP contribution in [0.5, 0.6) is 0 Å². The zero-order valence-electron chi connectivity index (χ0n) is 91.5. The first-order chi connectivity index (χ1) is 68.1. The van der Waals surface area contributed by atoms with Gasteiger partial charge >= 0.3 is 0 Å². The van der Waals surface area contributed by atoms with E-state index in [0.717, 1.165) is 56.3 Å². The maximum Gasteiger partial charge on any atom is 0.0541 e. The quantitative estimate of drug-likeness (QED) is 0.142. The van der Waals surface area contributed by atoms with Crippen LogP contribution in [0.1, 0.15) is 291 Å². The van der Waals surface area contributed by atoms with Gasteiger partial charge in [-0.3, -0.25) is 0 Å². The summed E-state index contributed by atoms with van der Waals surface area (Å²) >= 11 is 0. The Hall–Kier alpha value is -14.5. The van der Waals surface area contributed by atoms with Crippen LogP contribution in [0.2, 0.25) is 0 Å². The minimum absolute atomic E-state index is 0.0734. The van der Waals surface area contributed by atoms with E-state index < -0.39 is 0 Å². The molecule has 145 heavy (non-hydrogen) atoms. The molecule has 0 amide bonds. The molecule has 730 valence electrons.